The Labute approximate surface area is 238 Å². The molecule has 0 radical (unpaired) electrons. The maximum atomic E-state index is 13.7. The lowest BCUT2D eigenvalue weighted by molar-refractivity contribution is -0.232. The molecule has 0 spiro atoms. The number of carbonyl (C=O) groups is 1. The number of nitrogens with zero attached hydrogens (tertiary/aromatic N) is 4. The lowest BCUT2D eigenvalue weighted by Gasteiger charge is -2.36. The summed E-state index contributed by atoms with van der Waals surface area (Å²) in [6, 6.07) is 17.7. The Morgan fingerprint density at radius 3 is 2.51 bits per heavy atom. The van der Waals surface area contributed by atoms with E-state index in [4.69, 9.17) is 19.4 Å². The molecule has 0 saturated carbocycles. The summed E-state index contributed by atoms with van der Waals surface area (Å²) in [5.74, 6) is 0.808. The molecule has 4 heterocycles. The Morgan fingerprint density at radius 2 is 1.78 bits per heavy atom. The second kappa shape index (κ2) is 11.8. The number of aromatic amines is 1. The number of nitrogens with one attached hydrogen (secondary N) is 2. The van der Waals surface area contributed by atoms with Gasteiger partial charge in [-0.1, -0.05) is 37.3 Å². The average Bonchev–Trinajstić information content (AvgIpc) is 3.69. The summed E-state index contributed by atoms with van der Waals surface area (Å²) in [6.07, 6.45) is 3.58. The van der Waals surface area contributed by atoms with E-state index in [1.54, 1.807) is 18.3 Å². The highest BCUT2D eigenvalue weighted by Gasteiger charge is 2.35. The van der Waals surface area contributed by atoms with Gasteiger partial charge in [0, 0.05) is 36.8 Å². The van der Waals surface area contributed by atoms with Gasteiger partial charge < -0.3 is 24.7 Å². The zero-order valence-electron chi connectivity index (χ0n) is 23.0. The number of H-pyrrole nitrogens is 1. The first-order chi connectivity index (χ1) is 20.0. The molecule has 0 bridgehead atoms. The molecule has 212 valence electrons. The van der Waals surface area contributed by atoms with Crippen molar-refractivity contribution in [1.29, 1.82) is 0 Å². The number of rotatable bonds is 8. The minimum atomic E-state index is -0.726. The van der Waals surface area contributed by atoms with Gasteiger partial charge in [0.15, 0.2) is 5.82 Å². The van der Waals surface area contributed by atoms with Gasteiger partial charge in [-0.2, -0.15) is 0 Å². The number of ether oxygens (including phenoxy) is 2. The van der Waals surface area contributed by atoms with Crippen LogP contribution < -0.4 is 10.2 Å². The molecule has 1 amide bonds. The monoisotopic (exact) mass is 556 g/mol. The minimum Gasteiger partial charge on any atom is -0.355 e. The van der Waals surface area contributed by atoms with E-state index >= 15 is 0 Å². The smallest absolute Gasteiger partial charge is 0.225 e. The highest BCUT2D eigenvalue weighted by molar-refractivity contribution is 5.78. The Hall–Kier alpha value is -4.15. The van der Waals surface area contributed by atoms with Crippen molar-refractivity contribution < 1.29 is 18.7 Å². The molecule has 4 aromatic rings. The number of halogens is 1. The van der Waals surface area contributed by atoms with Crippen LogP contribution in [0.1, 0.15) is 37.4 Å². The predicted molar refractivity (Wildman–Crippen MR) is 152 cm³/mol. The zero-order chi connectivity index (χ0) is 28.2. The first kappa shape index (κ1) is 27.0. The third-order valence-electron chi connectivity index (χ3n) is 7.44. The number of hydrogen-bond acceptors (Lipinski definition) is 7. The Morgan fingerprint density at radius 1 is 1.05 bits per heavy atom. The summed E-state index contributed by atoms with van der Waals surface area (Å²) in [5, 5.41) is 3.01. The molecular formula is C31H33FN6O3. The van der Waals surface area contributed by atoms with Crippen LogP contribution in [-0.2, 0) is 20.7 Å². The van der Waals surface area contributed by atoms with Crippen LogP contribution >= 0.6 is 0 Å². The van der Waals surface area contributed by atoms with Crippen molar-refractivity contribution in [3.63, 3.8) is 0 Å². The normalized spacial score (nSPS) is 20.7. The van der Waals surface area contributed by atoms with Gasteiger partial charge in [-0.3, -0.25) is 4.79 Å². The number of amides is 1. The first-order valence-corrected chi connectivity index (χ1v) is 13.9. The summed E-state index contributed by atoms with van der Waals surface area (Å²) in [7, 11) is 0. The van der Waals surface area contributed by atoms with Gasteiger partial charge in [0.25, 0.3) is 0 Å². The van der Waals surface area contributed by atoms with Crippen LogP contribution in [-0.4, -0.2) is 58.7 Å². The van der Waals surface area contributed by atoms with Crippen molar-refractivity contribution in [2.24, 2.45) is 5.41 Å². The summed E-state index contributed by atoms with van der Waals surface area (Å²) >= 11 is 0. The number of aromatic nitrogens is 4. The van der Waals surface area contributed by atoms with Crippen molar-refractivity contribution in [2.45, 2.75) is 32.5 Å². The molecular weight excluding hydrogens is 523 g/mol. The van der Waals surface area contributed by atoms with E-state index in [2.05, 4.69) is 20.2 Å². The van der Waals surface area contributed by atoms with Crippen molar-refractivity contribution in [3.05, 3.63) is 84.1 Å². The number of imidazole rings is 1. The fourth-order valence-corrected chi connectivity index (χ4v) is 5.12. The van der Waals surface area contributed by atoms with E-state index in [-0.39, 0.29) is 11.7 Å². The molecule has 2 aliphatic heterocycles. The highest BCUT2D eigenvalue weighted by atomic mass is 19.1. The molecule has 2 N–H and O–H groups in total. The van der Waals surface area contributed by atoms with E-state index < -0.39 is 11.7 Å². The number of benzene rings is 2. The van der Waals surface area contributed by atoms with Gasteiger partial charge in [0.2, 0.25) is 18.1 Å². The first-order valence-electron chi connectivity index (χ1n) is 13.9. The van der Waals surface area contributed by atoms with Crippen LogP contribution in [0.15, 0.2) is 66.9 Å². The number of carbonyl (C=O) groups excluding carboxylic acids is 1. The highest BCUT2D eigenvalue weighted by Crippen LogP contribution is 2.35. The van der Waals surface area contributed by atoms with Crippen molar-refractivity contribution in [1.82, 2.24) is 25.3 Å². The summed E-state index contributed by atoms with van der Waals surface area (Å²) in [5.41, 5.74) is 3.31. The van der Waals surface area contributed by atoms with E-state index in [1.807, 2.05) is 43.3 Å². The van der Waals surface area contributed by atoms with E-state index in [9.17, 15) is 9.18 Å². The standard InChI is InChI=1S/C31H33FN6O3/c1-31(18-34-25(39)17-21-7-3-2-4-8-21)19-40-29(41-20-31)28-36-26(22-9-11-23(32)12-10-22)27(37-28)24-13-14-33-30(35-24)38-15-5-6-16-38/h2-4,7-14,29H,5-6,15-20H2,1H3,(H,34,39)(H,36,37). The Kier molecular flexibility index (Phi) is 7.76. The molecule has 2 saturated heterocycles. The van der Waals surface area contributed by atoms with Crippen LogP contribution in [0.3, 0.4) is 0 Å². The summed E-state index contributed by atoms with van der Waals surface area (Å²) < 4.78 is 26.0. The van der Waals surface area contributed by atoms with Gasteiger partial charge in [0.05, 0.1) is 36.7 Å². The fraction of sp³-hybridized carbons (Fsp3) is 0.355. The summed E-state index contributed by atoms with van der Waals surface area (Å²) in [6.45, 7) is 5.05. The van der Waals surface area contributed by atoms with Crippen LogP contribution in [0.4, 0.5) is 10.3 Å². The maximum Gasteiger partial charge on any atom is 0.225 e. The molecule has 2 fully saturated rings. The molecule has 0 unspecified atom stereocenters. The van der Waals surface area contributed by atoms with Gasteiger partial charge in [-0.15, -0.1) is 0 Å². The number of anilines is 1. The van der Waals surface area contributed by atoms with Gasteiger partial charge in [0.1, 0.15) is 5.82 Å². The average molecular weight is 557 g/mol. The molecule has 0 aliphatic carbocycles. The van der Waals surface area contributed by atoms with Crippen molar-refractivity contribution in [2.75, 3.05) is 37.7 Å². The molecule has 0 atom stereocenters. The van der Waals surface area contributed by atoms with Crippen molar-refractivity contribution >= 4 is 11.9 Å². The molecule has 41 heavy (non-hydrogen) atoms. The van der Waals surface area contributed by atoms with Crippen LogP contribution in [0, 0.1) is 11.2 Å². The lowest BCUT2D eigenvalue weighted by atomic mass is 9.92. The van der Waals surface area contributed by atoms with E-state index in [1.165, 1.54) is 12.1 Å². The maximum absolute atomic E-state index is 13.7. The largest absolute Gasteiger partial charge is 0.355 e. The quantitative estimate of drug-likeness (QED) is 0.325. The van der Waals surface area contributed by atoms with Crippen LogP contribution in [0.5, 0.6) is 0 Å². The van der Waals surface area contributed by atoms with E-state index in [0.717, 1.165) is 37.1 Å². The van der Waals surface area contributed by atoms with Crippen LogP contribution in [0.25, 0.3) is 22.6 Å². The fourth-order valence-electron chi connectivity index (χ4n) is 5.12. The predicted octanol–water partition coefficient (Wildman–Crippen LogP) is 4.68. The van der Waals surface area contributed by atoms with Crippen LogP contribution in [0.2, 0.25) is 0 Å². The number of hydrogen-bond donors (Lipinski definition) is 2. The Balaban J connectivity index is 1.18. The third-order valence-corrected chi connectivity index (χ3v) is 7.44. The van der Waals surface area contributed by atoms with Gasteiger partial charge in [-0.05, 0) is 48.7 Å². The molecule has 2 aromatic heterocycles. The van der Waals surface area contributed by atoms with Crippen molar-refractivity contribution in [3.8, 4) is 22.6 Å². The molecule has 2 aliphatic rings. The van der Waals surface area contributed by atoms with E-state index in [0.29, 0.717) is 55.0 Å². The second-order valence-electron chi connectivity index (χ2n) is 11.0. The SMILES string of the molecule is CC1(CNC(=O)Cc2ccccc2)COC(c2nc(-c3ccc(F)cc3)c(-c3ccnc(N4CCCC4)n3)[nH]2)OC1. The zero-order valence-corrected chi connectivity index (χ0v) is 23.0. The van der Waals surface area contributed by atoms with Gasteiger partial charge in [-0.25, -0.2) is 19.3 Å². The molecule has 6 rings (SSSR count). The Bertz CT molecular complexity index is 1480. The third kappa shape index (κ3) is 6.28. The molecule has 10 heteroatoms. The molecule has 9 nitrogen and oxygen atoms in total. The minimum absolute atomic E-state index is 0.0442. The topological polar surface area (TPSA) is 105 Å². The summed E-state index contributed by atoms with van der Waals surface area (Å²) in [4.78, 5) is 32.2. The molecule has 2 aromatic carbocycles. The second-order valence-corrected chi connectivity index (χ2v) is 11.0. The van der Waals surface area contributed by atoms with Gasteiger partial charge >= 0.3 is 0 Å². The lowest BCUT2D eigenvalue weighted by Crippen LogP contribution is -2.45.